The molecule has 1 aliphatic carbocycles. The number of anilines is 2. The van der Waals surface area contributed by atoms with Gasteiger partial charge in [-0.2, -0.15) is 18.4 Å². The van der Waals surface area contributed by atoms with Gasteiger partial charge in [0, 0.05) is 37.0 Å². The predicted octanol–water partition coefficient (Wildman–Crippen LogP) is 3.23. The van der Waals surface area contributed by atoms with Crippen LogP contribution < -0.4 is 30.5 Å². The lowest BCUT2D eigenvalue weighted by molar-refractivity contribution is -0.140. The van der Waals surface area contributed by atoms with Gasteiger partial charge in [-0.25, -0.2) is 4.39 Å². The van der Waals surface area contributed by atoms with Gasteiger partial charge in [-0.15, -0.1) is 0 Å². The summed E-state index contributed by atoms with van der Waals surface area (Å²) in [4.78, 5) is 96.3. The van der Waals surface area contributed by atoms with E-state index in [-0.39, 0.29) is 59.7 Å². The summed E-state index contributed by atoms with van der Waals surface area (Å²) >= 11 is 5.48. The van der Waals surface area contributed by atoms with Crippen molar-refractivity contribution >= 4 is 70.1 Å². The number of nitriles is 1. The van der Waals surface area contributed by atoms with Crippen LogP contribution in [0.5, 0.6) is 5.75 Å². The van der Waals surface area contributed by atoms with E-state index in [1.807, 2.05) is 0 Å². The zero-order chi connectivity index (χ0) is 44.1. The highest BCUT2D eigenvalue weighted by Crippen LogP contribution is 2.47. The van der Waals surface area contributed by atoms with E-state index >= 15 is 4.39 Å². The van der Waals surface area contributed by atoms with Crippen molar-refractivity contribution in [1.29, 1.82) is 5.26 Å². The average Bonchev–Trinajstić information content (AvgIpc) is 3.94. The summed E-state index contributed by atoms with van der Waals surface area (Å²) in [7, 11) is 0. The standard InChI is InChI=1S/C40H34F4N8O8S/c1-39(2)37(59)51(25-10-7-19(16-45)31(32(25)41)40(42,43)44)38(61)52(39)20-8-9-24(48-17-20)22-15-23(22)33(55)47-14-4-13-46-29(54)18-60-27-6-3-5-21-30(27)36(58)50(35(21)57)26-11-12-28(53)49-34(26)56/h3,5-10,17,22-23,26H,4,11-15,18H2,1-2H3,(H,46,54)(H,47,55)(H,49,53,56)/t22-,23-,26?/m1/s1. The van der Waals surface area contributed by atoms with Crippen molar-refractivity contribution in [2.75, 3.05) is 29.5 Å². The molecule has 2 aromatic carbocycles. The highest BCUT2D eigenvalue weighted by atomic mass is 32.1. The minimum Gasteiger partial charge on any atom is -0.483 e. The van der Waals surface area contributed by atoms with E-state index in [0.717, 1.165) is 17.0 Å². The molecule has 7 amide bonds. The van der Waals surface area contributed by atoms with Crippen molar-refractivity contribution in [2.24, 2.45) is 5.92 Å². The van der Waals surface area contributed by atoms with E-state index in [9.17, 15) is 46.7 Å². The Labute approximate surface area is 349 Å². The number of imide groups is 2. The number of ether oxygens (including phenoxy) is 1. The van der Waals surface area contributed by atoms with E-state index in [2.05, 4.69) is 20.9 Å². The largest absolute Gasteiger partial charge is 0.483 e. The number of fused-ring (bicyclic) bond motifs is 1. The van der Waals surface area contributed by atoms with Crippen LogP contribution in [0.15, 0.2) is 48.7 Å². The molecular formula is C40H34F4N8O8S. The van der Waals surface area contributed by atoms with E-state index < -0.39 is 88.4 Å². The summed E-state index contributed by atoms with van der Waals surface area (Å²) in [6, 6.07) is 9.34. The third-order valence-corrected chi connectivity index (χ3v) is 11.1. The lowest BCUT2D eigenvalue weighted by atomic mass is 10.0. The summed E-state index contributed by atoms with van der Waals surface area (Å²) in [6.07, 6.45) is -3.01. The van der Waals surface area contributed by atoms with E-state index in [0.29, 0.717) is 29.1 Å². The van der Waals surface area contributed by atoms with Crippen LogP contribution in [0.4, 0.5) is 28.9 Å². The van der Waals surface area contributed by atoms with Gasteiger partial charge in [0.05, 0.1) is 40.3 Å². The highest BCUT2D eigenvalue weighted by molar-refractivity contribution is 7.81. The number of thiocarbonyl (C=S) groups is 1. The van der Waals surface area contributed by atoms with Crippen molar-refractivity contribution in [3.05, 3.63) is 82.4 Å². The summed E-state index contributed by atoms with van der Waals surface area (Å²) in [6.45, 7) is 2.83. The van der Waals surface area contributed by atoms with Crippen LogP contribution in [-0.2, 0) is 30.1 Å². The first-order valence-electron chi connectivity index (χ1n) is 18.8. The van der Waals surface area contributed by atoms with E-state index in [1.165, 1.54) is 49.2 Å². The van der Waals surface area contributed by atoms with Crippen LogP contribution in [0.2, 0.25) is 0 Å². The topological polar surface area (TPSA) is 211 Å². The quantitative estimate of drug-likeness (QED) is 0.104. The number of amides is 7. The molecule has 3 aliphatic heterocycles. The van der Waals surface area contributed by atoms with Crippen molar-refractivity contribution < 1.29 is 55.9 Å². The van der Waals surface area contributed by atoms with Crippen LogP contribution >= 0.6 is 12.2 Å². The van der Waals surface area contributed by atoms with Gasteiger partial charge in [0.15, 0.2) is 17.5 Å². The molecule has 4 heterocycles. The van der Waals surface area contributed by atoms with E-state index in [4.69, 9.17) is 22.2 Å². The fraction of sp³-hybridized carbons (Fsp3) is 0.350. The van der Waals surface area contributed by atoms with E-state index in [1.54, 1.807) is 12.1 Å². The van der Waals surface area contributed by atoms with Gasteiger partial charge < -0.3 is 20.3 Å². The van der Waals surface area contributed by atoms with Crippen molar-refractivity contribution in [3.63, 3.8) is 0 Å². The molecular weight excluding hydrogens is 829 g/mol. The molecule has 3 N–H and O–H groups in total. The van der Waals surface area contributed by atoms with Crippen LogP contribution in [0.1, 0.15) is 83.0 Å². The Kier molecular flexibility index (Phi) is 11.1. The molecule has 3 aromatic rings. The summed E-state index contributed by atoms with van der Waals surface area (Å²) in [5.74, 6) is -6.77. The maximum Gasteiger partial charge on any atom is 0.420 e. The van der Waals surface area contributed by atoms with Crippen molar-refractivity contribution in [1.82, 2.24) is 25.8 Å². The number of aromatic nitrogens is 1. The number of carbonyl (C=O) groups excluding carboxylic acids is 7. The lowest BCUT2D eigenvalue weighted by Gasteiger charge is -2.29. The second-order valence-corrected chi connectivity index (χ2v) is 15.4. The molecule has 0 spiro atoms. The zero-order valence-corrected chi connectivity index (χ0v) is 33.0. The third-order valence-electron chi connectivity index (χ3n) is 10.7. The maximum atomic E-state index is 15.4. The molecule has 316 valence electrons. The number of hydrogen-bond donors (Lipinski definition) is 3. The molecule has 16 nitrogen and oxygen atoms in total. The molecule has 3 fully saturated rings. The second kappa shape index (κ2) is 16.0. The Bertz CT molecular complexity index is 2470. The SMILES string of the molecule is CC1(C)C(=O)N(c2ccc(C#N)c(C(F)(F)F)c2F)C(=S)N1c1ccc([C@@H]2C[C@H]2C(=O)NCCCNC(=O)COc2cccc3c2C(=O)N(C2CCC(=O)NC2=O)C3=O)nc1. The fourth-order valence-corrected chi connectivity index (χ4v) is 8.08. The Morgan fingerprint density at radius 3 is 2.46 bits per heavy atom. The van der Waals surface area contributed by atoms with Crippen molar-refractivity contribution in [2.45, 2.75) is 63.2 Å². The number of rotatable bonds is 12. The Hall–Kier alpha value is -6.82. The minimum atomic E-state index is -5.22. The normalized spacial score (nSPS) is 20.7. The minimum absolute atomic E-state index is 0.00530. The molecule has 1 unspecified atom stereocenters. The van der Waals surface area contributed by atoms with Crippen LogP contribution in [-0.4, -0.2) is 87.6 Å². The molecule has 21 heteroatoms. The van der Waals surface area contributed by atoms with Gasteiger partial charge in [0.2, 0.25) is 17.7 Å². The number of nitrogens with zero attached hydrogens (tertiary/aromatic N) is 5. The van der Waals surface area contributed by atoms with Crippen LogP contribution in [0.3, 0.4) is 0 Å². The first kappa shape index (κ1) is 42.3. The fourth-order valence-electron chi connectivity index (χ4n) is 7.57. The molecule has 0 radical (unpaired) electrons. The molecule has 7 rings (SSSR count). The molecule has 4 aliphatic rings. The first-order chi connectivity index (χ1) is 28.9. The summed E-state index contributed by atoms with van der Waals surface area (Å²) in [5, 5.41) is 16.4. The van der Waals surface area contributed by atoms with Gasteiger partial charge in [-0.05, 0) is 81.7 Å². The molecule has 0 bridgehead atoms. The smallest absolute Gasteiger partial charge is 0.420 e. The van der Waals surface area contributed by atoms with Gasteiger partial charge in [0.25, 0.3) is 23.6 Å². The Morgan fingerprint density at radius 2 is 1.79 bits per heavy atom. The van der Waals surface area contributed by atoms with Crippen LogP contribution in [0.25, 0.3) is 0 Å². The Balaban J connectivity index is 0.875. The zero-order valence-electron chi connectivity index (χ0n) is 32.2. The van der Waals surface area contributed by atoms with Crippen molar-refractivity contribution in [3.8, 4) is 11.8 Å². The maximum absolute atomic E-state index is 15.4. The highest BCUT2D eigenvalue weighted by Gasteiger charge is 2.53. The number of halogens is 4. The second-order valence-electron chi connectivity index (χ2n) is 15.0. The van der Waals surface area contributed by atoms with Gasteiger partial charge in [-0.3, -0.25) is 53.7 Å². The number of nitrogens with one attached hydrogen (secondary N) is 3. The number of pyridine rings is 1. The third kappa shape index (κ3) is 7.74. The van der Waals surface area contributed by atoms with Gasteiger partial charge in [0.1, 0.15) is 22.9 Å². The molecule has 1 aromatic heterocycles. The lowest BCUT2D eigenvalue weighted by Crippen LogP contribution is -2.54. The molecule has 2 saturated heterocycles. The first-order valence-corrected chi connectivity index (χ1v) is 19.2. The number of hydrogen-bond acceptors (Lipinski definition) is 11. The monoisotopic (exact) mass is 862 g/mol. The number of piperidine rings is 1. The van der Waals surface area contributed by atoms with Gasteiger partial charge in [-0.1, -0.05) is 6.07 Å². The van der Waals surface area contributed by atoms with Crippen LogP contribution in [0, 0.1) is 23.1 Å². The summed E-state index contributed by atoms with van der Waals surface area (Å²) < 4.78 is 62.1. The number of alkyl halides is 3. The van der Waals surface area contributed by atoms with Gasteiger partial charge >= 0.3 is 6.18 Å². The summed E-state index contributed by atoms with van der Waals surface area (Å²) in [5.41, 5.74) is -4.20. The molecule has 1 saturated carbocycles. The predicted molar refractivity (Wildman–Crippen MR) is 207 cm³/mol. The Morgan fingerprint density at radius 1 is 1.05 bits per heavy atom. The molecule has 3 atom stereocenters. The number of carbonyl (C=O) groups is 7. The average molecular weight is 863 g/mol. The number of benzene rings is 2. The molecule has 61 heavy (non-hydrogen) atoms.